The van der Waals surface area contributed by atoms with E-state index in [1.807, 2.05) is 63.2 Å². The zero-order chi connectivity index (χ0) is 21.3. The molecule has 30 heavy (non-hydrogen) atoms. The molecule has 1 fully saturated rings. The number of ether oxygens (including phenoxy) is 4. The molecule has 0 unspecified atom stereocenters. The van der Waals surface area contributed by atoms with E-state index in [4.69, 9.17) is 18.9 Å². The van der Waals surface area contributed by atoms with Gasteiger partial charge in [0.2, 0.25) is 6.79 Å². The number of hydrogen-bond donors (Lipinski definition) is 0. The van der Waals surface area contributed by atoms with Crippen molar-refractivity contribution < 1.29 is 28.5 Å². The number of carbonyl (C=O) groups is 2. The van der Waals surface area contributed by atoms with Crippen LogP contribution in [0.5, 0.6) is 11.5 Å². The first-order chi connectivity index (χ1) is 14.3. The molecule has 4 rings (SSSR count). The van der Waals surface area contributed by atoms with E-state index in [2.05, 4.69) is 0 Å². The average Bonchev–Trinajstić information content (AvgIpc) is 3.31. The standard InChI is InChI=1S/C23H25NO6/c1-23(2,3)21-24(22(26)27-13-15-7-5-4-6-8-15)17(20(25)30-21)11-16-9-10-18-19(12-16)29-14-28-18/h4-10,12,17,21H,11,13-14H2,1-3H3/t17-,21-/m0/s1. The predicted octanol–water partition coefficient (Wildman–Crippen LogP) is 3.89. The predicted molar refractivity (Wildman–Crippen MR) is 108 cm³/mol. The van der Waals surface area contributed by atoms with Gasteiger partial charge in [-0.1, -0.05) is 57.2 Å². The molecule has 0 aliphatic carbocycles. The second-order valence-electron chi connectivity index (χ2n) is 8.51. The molecule has 2 aromatic carbocycles. The maximum atomic E-state index is 13.0. The van der Waals surface area contributed by atoms with E-state index in [0.717, 1.165) is 11.1 Å². The van der Waals surface area contributed by atoms with Crippen molar-refractivity contribution in [3.63, 3.8) is 0 Å². The number of carbonyl (C=O) groups excluding carboxylic acids is 2. The number of benzene rings is 2. The molecule has 1 saturated heterocycles. The summed E-state index contributed by atoms with van der Waals surface area (Å²) < 4.78 is 21.9. The molecule has 7 heteroatoms. The maximum Gasteiger partial charge on any atom is 0.413 e. The second-order valence-corrected chi connectivity index (χ2v) is 8.51. The highest BCUT2D eigenvalue weighted by atomic mass is 16.7. The summed E-state index contributed by atoms with van der Waals surface area (Å²) in [5.74, 6) is 0.855. The van der Waals surface area contributed by atoms with Crippen LogP contribution in [0, 0.1) is 5.41 Å². The summed E-state index contributed by atoms with van der Waals surface area (Å²) in [6.45, 7) is 6.06. The van der Waals surface area contributed by atoms with E-state index in [9.17, 15) is 9.59 Å². The molecule has 2 aliphatic rings. The molecule has 0 saturated carbocycles. The van der Waals surface area contributed by atoms with Crippen LogP contribution in [0.2, 0.25) is 0 Å². The summed E-state index contributed by atoms with van der Waals surface area (Å²) in [6.07, 6.45) is -0.995. The minimum atomic E-state index is -0.780. The summed E-state index contributed by atoms with van der Waals surface area (Å²) in [5, 5.41) is 0. The van der Waals surface area contributed by atoms with Gasteiger partial charge in [0.25, 0.3) is 0 Å². The molecule has 2 atom stereocenters. The van der Waals surface area contributed by atoms with Gasteiger partial charge in [0, 0.05) is 11.8 Å². The smallest absolute Gasteiger partial charge is 0.413 e. The van der Waals surface area contributed by atoms with Crippen LogP contribution < -0.4 is 9.47 Å². The summed E-state index contributed by atoms with van der Waals surface area (Å²) in [4.78, 5) is 27.2. The maximum absolute atomic E-state index is 13.0. The van der Waals surface area contributed by atoms with Crippen LogP contribution >= 0.6 is 0 Å². The Morgan fingerprint density at radius 3 is 2.53 bits per heavy atom. The van der Waals surface area contributed by atoms with Crippen molar-refractivity contribution in [1.82, 2.24) is 4.90 Å². The molecular weight excluding hydrogens is 386 g/mol. The third-order valence-corrected chi connectivity index (χ3v) is 5.11. The van der Waals surface area contributed by atoms with Gasteiger partial charge in [-0.3, -0.25) is 4.90 Å². The van der Waals surface area contributed by atoms with Crippen molar-refractivity contribution in [3.05, 3.63) is 59.7 Å². The van der Waals surface area contributed by atoms with Crippen LogP contribution in [0.4, 0.5) is 4.79 Å². The van der Waals surface area contributed by atoms with Gasteiger partial charge in [0.1, 0.15) is 12.6 Å². The third kappa shape index (κ3) is 4.06. The molecule has 0 spiro atoms. The molecule has 2 aromatic rings. The Morgan fingerprint density at radius 2 is 1.80 bits per heavy atom. The minimum Gasteiger partial charge on any atom is -0.454 e. The van der Waals surface area contributed by atoms with E-state index < -0.39 is 29.7 Å². The number of hydrogen-bond acceptors (Lipinski definition) is 6. The third-order valence-electron chi connectivity index (χ3n) is 5.11. The molecule has 0 bridgehead atoms. The molecule has 7 nitrogen and oxygen atoms in total. The molecule has 0 N–H and O–H groups in total. The molecule has 0 radical (unpaired) electrons. The quantitative estimate of drug-likeness (QED) is 0.711. The molecule has 0 aromatic heterocycles. The number of nitrogens with zero attached hydrogens (tertiary/aromatic N) is 1. The summed E-state index contributed by atoms with van der Waals surface area (Å²) in [7, 11) is 0. The highest BCUT2D eigenvalue weighted by molar-refractivity contribution is 5.85. The SMILES string of the molecule is CC(C)(C)[C@@H]1OC(=O)[C@H](Cc2ccc3c(c2)OCO3)N1C(=O)OCc1ccccc1. The van der Waals surface area contributed by atoms with Crippen LogP contribution in [0.1, 0.15) is 31.9 Å². The van der Waals surface area contributed by atoms with Gasteiger partial charge in [-0.05, 0) is 23.3 Å². The largest absolute Gasteiger partial charge is 0.454 e. The van der Waals surface area contributed by atoms with Crippen LogP contribution in [0.15, 0.2) is 48.5 Å². The molecule has 2 heterocycles. The van der Waals surface area contributed by atoms with E-state index in [-0.39, 0.29) is 13.4 Å². The lowest BCUT2D eigenvalue weighted by molar-refractivity contribution is -0.147. The Bertz CT molecular complexity index is 936. The van der Waals surface area contributed by atoms with Crippen molar-refractivity contribution in [2.45, 2.75) is 46.1 Å². The van der Waals surface area contributed by atoms with Crippen LogP contribution in [0.25, 0.3) is 0 Å². The van der Waals surface area contributed by atoms with E-state index in [0.29, 0.717) is 17.9 Å². The van der Waals surface area contributed by atoms with Gasteiger partial charge in [0.05, 0.1) is 0 Å². The Hall–Kier alpha value is -3.22. The summed E-state index contributed by atoms with van der Waals surface area (Å²) in [5.41, 5.74) is 1.25. The van der Waals surface area contributed by atoms with Crippen molar-refractivity contribution in [1.29, 1.82) is 0 Å². The van der Waals surface area contributed by atoms with Crippen molar-refractivity contribution in [2.75, 3.05) is 6.79 Å². The van der Waals surface area contributed by atoms with E-state index >= 15 is 0 Å². The van der Waals surface area contributed by atoms with E-state index in [1.54, 1.807) is 6.07 Å². The molecular formula is C23H25NO6. The number of fused-ring (bicyclic) bond motifs is 1. The van der Waals surface area contributed by atoms with Gasteiger partial charge in [0.15, 0.2) is 17.7 Å². The van der Waals surface area contributed by atoms with Crippen LogP contribution in [-0.2, 0) is 27.3 Å². The fourth-order valence-electron chi connectivity index (χ4n) is 3.61. The highest BCUT2D eigenvalue weighted by Gasteiger charge is 2.50. The number of rotatable bonds is 4. The zero-order valence-electron chi connectivity index (χ0n) is 17.3. The van der Waals surface area contributed by atoms with Crippen LogP contribution in [0.3, 0.4) is 0 Å². The molecule has 158 valence electrons. The van der Waals surface area contributed by atoms with Crippen molar-refractivity contribution in [2.24, 2.45) is 5.41 Å². The van der Waals surface area contributed by atoms with Crippen molar-refractivity contribution in [3.8, 4) is 11.5 Å². The number of cyclic esters (lactones) is 1. The highest BCUT2D eigenvalue weighted by Crippen LogP contribution is 2.36. The Balaban J connectivity index is 1.55. The van der Waals surface area contributed by atoms with Gasteiger partial charge in [-0.2, -0.15) is 0 Å². The fraction of sp³-hybridized carbons (Fsp3) is 0.391. The lowest BCUT2D eigenvalue weighted by atomic mass is 9.93. The van der Waals surface area contributed by atoms with Gasteiger partial charge < -0.3 is 18.9 Å². The average molecular weight is 411 g/mol. The van der Waals surface area contributed by atoms with Gasteiger partial charge >= 0.3 is 12.1 Å². The first-order valence-corrected chi connectivity index (χ1v) is 9.91. The Morgan fingerprint density at radius 1 is 1.07 bits per heavy atom. The monoisotopic (exact) mass is 411 g/mol. The second kappa shape index (κ2) is 7.89. The number of esters is 1. The first-order valence-electron chi connectivity index (χ1n) is 9.91. The Kier molecular flexibility index (Phi) is 5.28. The summed E-state index contributed by atoms with van der Waals surface area (Å²) in [6, 6.07) is 14.1. The normalized spacial score (nSPS) is 20.2. The van der Waals surface area contributed by atoms with Crippen molar-refractivity contribution >= 4 is 12.1 Å². The lowest BCUT2D eigenvalue weighted by Crippen LogP contribution is -2.48. The Labute approximate surface area is 175 Å². The molecule has 1 amide bonds. The zero-order valence-corrected chi connectivity index (χ0v) is 17.3. The van der Waals surface area contributed by atoms with Gasteiger partial charge in [-0.25, -0.2) is 9.59 Å². The molecule has 2 aliphatic heterocycles. The first kappa shape index (κ1) is 20.1. The summed E-state index contributed by atoms with van der Waals surface area (Å²) >= 11 is 0. The topological polar surface area (TPSA) is 74.3 Å². The van der Waals surface area contributed by atoms with E-state index in [1.165, 1.54) is 4.90 Å². The lowest BCUT2D eigenvalue weighted by Gasteiger charge is -2.33. The fourth-order valence-corrected chi connectivity index (χ4v) is 3.61. The van der Waals surface area contributed by atoms with Crippen LogP contribution in [-0.4, -0.2) is 36.0 Å². The van der Waals surface area contributed by atoms with Gasteiger partial charge in [-0.15, -0.1) is 0 Å². The minimum absolute atomic E-state index is 0.123. The number of amides is 1.